The molecule has 2 atom stereocenters. The number of hydrogen-bond acceptors (Lipinski definition) is 2. The first kappa shape index (κ1) is 13.0. The first-order chi connectivity index (χ1) is 9.28. The molecule has 1 aromatic carbocycles. The molecule has 104 valence electrons. The minimum atomic E-state index is -0.220. The van der Waals surface area contributed by atoms with E-state index in [0.717, 1.165) is 12.8 Å². The van der Waals surface area contributed by atoms with E-state index in [-0.39, 0.29) is 12.1 Å². The fraction of sp³-hybridized carbons (Fsp3) is 0.647. The van der Waals surface area contributed by atoms with E-state index in [0.29, 0.717) is 5.92 Å². The lowest BCUT2D eigenvalue weighted by atomic mass is 9.78. The van der Waals surface area contributed by atoms with Crippen molar-refractivity contribution in [2.24, 2.45) is 5.92 Å². The zero-order chi connectivity index (χ0) is 13.2. The van der Waals surface area contributed by atoms with Gasteiger partial charge in [-0.3, -0.25) is 0 Å². The highest BCUT2D eigenvalue weighted by molar-refractivity contribution is 5.56. The van der Waals surface area contributed by atoms with Crippen LogP contribution in [0, 0.1) is 5.92 Å². The number of benzene rings is 1. The molecule has 0 amide bonds. The van der Waals surface area contributed by atoms with Gasteiger partial charge in [-0.15, -0.1) is 0 Å². The monoisotopic (exact) mass is 259 g/mol. The second-order valence-electron chi connectivity index (χ2n) is 6.18. The number of nitrogens with one attached hydrogen (secondary N) is 1. The van der Waals surface area contributed by atoms with Crippen LogP contribution in [0.3, 0.4) is 0 Å². The Morgan fingerprint density at radius 3 is 2.74 bits per heavy atom. The molecule has 1 aliphatic heterocycles. The third kappa shape index (κ3) is 2.64. The maximum atomic E-state index is 10.5. The SMILES string of the molecule is CCc1ccc2c(c1)CC(O)C(C1CCCCC1)N2. The summed E-state index contributed by atoms with van der Waals surface area (Å²) in [5.74, 6) is 0.655. The Morgan fingerprint density at radius 2 is 2.00 bits per heavy atom. The number of rotatable bonds is 2. The van der Waals surface area contributed by atoms with Crippen molar-refractivity contribution in [2.45, 2.75) is 64.0 Å². The molecule has 19 heavy (non-hydrogen) atoms. The Balaban J connectivity index is 1.79. The van der Waals surface area contributed by atoms with Crippen LogP contribution in [0.5, 0.6) is 0 Å². The van der Waals surface area contributed by atoms with Crippen LogP contribution < -0.4 is 5.32 Å². The highest BCUT2D eigenvalue weighted by atomic mass is 16.3. The first-order valence-corrected chi connectivity index (χ1v) is 7.84. The summed E-state index contributed by atoms with van der Waals surface area (Å²) in [5, 5.41) is 14.1. The molecule has 2 unspecified atom stereocenters. The van der Waals surface area contributed by atoms with Gasteiger partial charge in [-0.05, 0) is 42.4 Å². The standard InChI is InChI=1S/C17H25NO/c1-2-12-8-9-15-14(10-12)11-16(19)17(18-15)13-6-4-3-5-7-13/h8-10,13,16-19H,2-7,11H2,1H3. The molecule has 2 N–H and O–H groups in total. The zero-order valence-corrected chi connectivity index (χ0v) is 11.9. The lowest BCUT2D eigenvalue weighted by molar-refractivity contribution is 0.109. The Labute approximate surface area is 116 Å². The van der Waals surface area contributed by atoms with Gasteiger partial charge >= 0.3 is 0 Å². The predicted octanol–water partition coefficient (Wildman–Crippen LogP) is 3.53. The lowest BCUT2D eigenvalue weighted by Gasteiger charge is -2.38. The summed E-state index contributed by atoms with van der Waals surface area (Å²) in [6.45, 7) is 2.18. The largest absolute Gasteiger partial charge is 0.391 e. The zero-order valence-electron chi connectivity index (χ0n) is 11.9. The topological polar surface area (TPSA) is 32.3 Å². The summed E-state index contributed by atoms with van der Waals surface area (Å²) in [6.07, 6.45) is 8.24. The molecular formula is C17H25NO. The molecule has 2 nitrogen and oxygen atoms in total. The van der Waals surface area contributed by atoms with E-state index < -0.39 is 0 Å². The van der Waals surface area contributed by atoms with Crippen LogP contribution in [0.15, 0.2) is 18.2 Å². The lowest BCUT2D eigenvalue weighted by Crippen LogP contribution is -2.45. The van der Waals surface area contributed by atoms with Gasteiger partial charge in [0.1, 0.15) is 0 Å². The average molecular weight is 259 g/mol. The molecule has 2 heteroatoms. The molecule has 1 aromatic rings. The van der Waals surface area contributed by atoms with Crippen molar-refractivity contribution in [1.82, 2.24) is 0 Å². The molecule has 0 radical (unpaired) electrons. The third-order valence-corrected chi connectivity index (χ3v) is 4.90. The van der Waals surface area contributed by atoms with E-state index in [2.05, 4.69) is 30.4 Å². The van der Waals surface area contributed by atoms with Gasteiger partial charge < -0.3 is 10.4 Å². The molecule has 1 fully saturated rings. The molecule has 2 aliphatic rings. The Bertz CT molecular complexity index is 437. The van der Waals surface area contributed by atoms with Gasteiger partial charge in [0, 0.05) is 12.1 Å². The first-order valence-electron chi connectivity index (χ1n) is 7.84. The van der Waals surface area contributed by atoms with Gasteiger partial charge in [0.05, 0.1) is 12.1 Å². The van der Waals surface area contributed by atoms with E-state index >= 15 is 0 Å². The van der Waals surface area contributed by atoms with E-state index in [1.165, 1.54) is 48.9 Å². The number of aliphatic hydroxyl groups excluding tert-OH is 1. The summed E-state index contributed by atoms with van der Waals surface area (Å²) in [7, 11) is 0. The predicted molar refractivity (Wildman–Crippen MR) is 79.5 cm³/mol. The number of aryl methyl sites for hydroxylation is 1. The minimum absolute atomic E-state index is 0.220. The van der Waals surface area contributed by atoms with Crippen molar-refractivity contribution < 1.29 is 5.11 Å². The minimum Gasteiger partial charge on any atom is -0.391 e. The van der Waals surface area contributed by atoms with Crippen molar-refractivity contribution in [3.8, 4) is 0 Å². The van der Waals surface area contributed by atoms with Crippen molar-refractivity contribution in [3.05, 3.63) is 29.3 Å². The van der Waals surface area contributed by atoms with Crippen LogP contribution >= 0.6 is 0 Å². The molecule has 0 aromatic heterocycles. The second kappa shape index (κ2) is 5.54. The summed E-state index contributed by atoms with van der Waals surface area (Å²) in [4.78, 5) is 0. The van der Waals surface area contributed by atoms with Crippen molar-refractivity contribution in [2.75, 3.05) is 5.32 Å². The molecular weight excluding hydrogens is 234 g/mol. The maximum Gasteiger partial charge on any atom is 0.0784 e. The fourth-order valence-electron chi connectivity index (χ4n) is 3.73. The highest BCUT2D eigenvalue weighted by Gasteiger charge is 2.33. The number of aliphatic hydroxyl groups is 1. The summed E-state index contributed by atoms with van der Waals surface area (Å²) >= 11 is 0. The van der Waals surface area contributed by atoms with E-state index in [9.17, 15) is 5.11 Å². The third-order valence-electron chi connectivity index (χ3n) is 4.90. The number of fused-ring (bicyclic) bond motifs is 1. The molecule has 0 saturated heterocycles. The van der Waals surface area contributed by atoms with Gasteiger partial charge in [-0.1, -0.05) is 38.3 Å². The quantitative estimate of drug-likeness (QED) is 0.851. The number of anilines is 1. The van der Waals surface area contributed by atoms with Crippen molar-refractivity contribution in [1.29, 1.82) is 0 Å². The fourth-order valence-corrected chi connectivity index (χ4v) is 3.73. The Kier molecular flexibility index (Phi) is 3.79. The second-order valence-corrected chi connectivity index (χ2v) is 6.18. The smallest absolute Gasteiger partial charge is 0.0784 e. The van der Waals surface area contributed by atoms with E-state index in [1.54, 1.807) is 0 Å². The Hall–Kier alpha value is -1.02. The molecule has 1 saturated carbocycles. The Morgan fingerprint density at radius 1 is 1.21 bits per heavy atom. The van der Waals surface area contributed by atoms with Gasteiger partial charge in [-0.25, -0.2) is 0 Å². The van der Waals surface area contributed by atoms with Crippen LogP contribution in [-0.4, -0.2) is 17.3 Å². The molecule has 0 bridgehead atoms. The maximum absolute atomic E-state index is 10.5. The van der Waals surface area contributed by atoms with Crippen molar-refractivity contribution in [3.63, 3.8) is 0 Å². The van der Waals surface area contributed by atoms with Gasteiger partial charge in [-0.2, -0.15) is 0 Å². The van der Waals surface area contributed by atoms with Crippen LogP contribution in [0.1, 0.15) is 50.2 Å². The van der Waals surface area contributed by atoms with Crippen LogP contribution in [-0.2, 0) is 12.8 Å². The van der Waals surface area contributed by atoms with Gasteiger partial charge in [0.2, 0.25) is 0 Å². The summed E-state index contributed by atoms with van der Waals surface area (Å²) < 4.78 is 0. The van der Waals surface area contributed by atoms with Crippen molar-refractivity contribution >= 4 is 5.69 Å². The normalized spacial score (nSPS) is 27.7. The molecule has 3 rings (SSSR count). The van der Waals surface area contributed by atoms with Crippen LogP contribution in [0.2, 0.25) is 0 Å². The van der Waals surface area contributed by atoms with E-state index in [4.69, 9.17) is 0 Å². The molecule has 1 heterocycles. The van der Waals surface area contributed by atoms with E-state index in [1.807, 2.05) is 0 Å². The van der Waals surface area contributed by atoms with Gasteiger partial charge in [0.15, 0.2) is 0 Å². The summed E-state index contributed by atoms with van der Waals surface area (Å²) in [6, 6.07) is 6.93. The molecule has 1 aliphatic carbocycles. The average Bonchev–Trinajstić information content (AvgIpc) is 2.47. The van der Waals surface area contributed by atoms with Crippen LogP contribution in [0.4, 0.5) is 5.69 Å². The van der Waals surface area contributed by atoms with Crippen LogP contribution in [0.25, 0.3) is 0 Å². The number of hydrogen-bond donors (Lipinski definition) is 2. The summed E-state index contributed by atoms with van der Waals surface area (Å²) in [5.41, 5.74) is 3.90. The van der Waals surface area contributed by atoms with Gasteiger partial charge in [0.25, 0.3) is 0 Å². The molecule has 0 spiro atoms. The highest BCUT2D eigenvalue weighted by Crippen LogP contribution is 2.34.